The minimum absolute atomic E-state index is 0.0969. The summed E-state index contributed by atoms with van der Waals surface area (Å²) < 4.78 is 5.93. The Bertz CT molecular complexity index is 1020. The van der Waals surface area contributed by atoms with Crippen LogP contribution < -0.4 is 15.8 Å². The minimum Gasteiger partial charge on any atom is -0.495 e. The number of hydrogen-bond acceptors (Lipinski definition) is 9. The molecule has 0 aliphatic heterocycles. The number of primary amides is 1. The highest BCUT2D eigenvalue weighted by atomic mass is 32.2. The largest absolute Gasteiger partial charge is 0.495 e. The Balaban J connectivity index is 1.71. The molecule has 0 radical (unpaired) electrons. The molecule has 11 heteroatoms. The zero-order valence-corrected chi connectivity index (χ0v) is 16.3. The van der Waals surface area contributed by atoms with E-state index in [2.05, 4.69) is 15.5 Å². The van der Waals surface area contributed by atoms with E-state index in [1.165, 1.54) is 41.3 Å². The van der Waals surface area contributed by atoms with Crippen LogP contribution in [-0.2, 0) is 5.75 Å². The first kappa shape index (κ1) is 19.6. The molecule has 3 N–H and O–H groups in total. The van der Waals surface area contributed by atoms with Gasteiger partial charge in [0.2, 0.25) is 11.0 Å². The van der Waals surface area contributed by atoms with E-state index in [9.17, 15) is 14.9 Å². The number of benzene rings is 2. The quantitative estimate of drug-likeness (QED) is 0.323. The molecule has 0 aliphatic carbocycles. The predicted molar refractivity (Wildman–Crippen MR) is 107 cm³/mol. The van der Waals surface area contributed by atoms with Gasteiger partial charge >= 0.3 is 0 Å². The molecule has 1 aromatic heterocycles. The molecule has 3 aromatic rings. The molecule has 0 fully saturated rings. The maximum absolute atomic E-state index is 11.3. The topological polar surface area (TPSA) is 133 Å². The third-order valence-electron chi connectivity index (χ3n) is 3.67. The normalized spacial score (nSPS) is 10.5. The number of thioether (sulfide) groups is 1. The third-order valence-corrected chi connectivity index (χ3v) is 5.69. The van der Waals surface area contributed by atoms with Crippen molar-refractivity contribution in [2.24, 2.45) is 5.73 Å². The van der Waals surface area contributed by atoms with Gasteiger partial charge in [-0.2, -0.15) is 0 Å². The van der Waals surface area contributed by atoms with Gasteiger partial charge in [-0.05, 0) is 18.2 Å². The molecule has 0 aliphatic rings. The Morgan fingerprint density at radius 2 is 2.11 bits per heavy atom. The lowest BCUT2D eigenvalue weighted by Gasteiger charge is -2.07. The van der Waals surface area contributed by atoms with Crippen molar-refractivity contribution < 1.29 is 14.5 Å². The van der Waals surface area contributed by atoms with E-state index in [0.717, 1.165) is 5.69 Å². The van der Waals surface area contributed by atoms with Gasteiger partial charge in [0.1, 0.15) is 5.75 Å². The predicted octanol–water partition coefficient (Wildman–Crippen LogP) is 3.59. The Morgan fingerprint density at radius 1 is 1.32 bits per heavy atom. The number of nitro groups is 1. The Kier molecular flexibility index (Phi) is 6.06. The summed E-state index contributed by atoms with van der Waals surface area (Å²) >= 11 is 2.63. The zero-order valence-electron chi connectivity index (χ0n) is 14.6. The van der Waals surface area contributed by atoms with Crippen molar-refractivity contribution in [2.75, 3.05) is 12.4 Å². The average Bonchev–Trinajstić information content (AvgIpc) is 3.13. The highest BCUT2D eigenvalue weighted by Gasteiger charge is 2.17. The lowest BCUT2D eigenvalue weighted by atomic mass is 10.1. The van der Waals surface area contributed by atoms with Gasteiger partial charge < -0.3 is 15.8 Å². The summed E-state index contributed by atoms with van der Waals surface area (Å²) in [6, 6.07) is 11.6. The van der Waals surface area contributed by atoms with Crippen LogP contribution in [0.1, 0.15) is 15.9 Å². The maximum atomic E-state index is 11.3. The number of para-hydroxylation sites is 2. The molecule has 0 saturated heterocycles. The second kappa shape index (κ2) is 8.67. The number of methoxy groups -OCH3 is 1. The summed E-state index contributed by atoms with van der Waals surface area (Å²) in [5.74, 6) is 0.272. The van der Waals surface area contributed by atoms with Gasteiger partial charge in [0, 0.05) is 22.9 Å². The second-order valence-corrected chi connectivity index (χ2v) is 7.65. The minimum atomic E-state index is -0.710. The molecule has 144 valence electrons. The van der Waals surface area contributed by atoms with Crippen LogP contribution in [0.15, 0.2) is 46.8 Å². The van der Waals surface area contributed by atoms with Crippen LogP contribution >= 0.6 is 23.1 Å². The number of anilines is 2. The molecule has 0 saturated carbocycles. The lowest BCUT2D eigenvalue weighted by Crippen LogP contribution is -2.11. The standard InChI is InChI=1S/C17H15N5O4S2/c1-26-14-5-3-2-4-12(14)19-16-20-21-17(28-16)27-9-11-7-6-10(15(18)23)8-13(11)22(24)25/h2-8H,9H2,1H3,(H2,18,23)(H,19,20). The zero-order chi connectivity index (χ0) is 20.1. The van der Waals surface area contributed by atoms with Crippen molar-refractivity contribution in [1.82, 2.24) is 10.2 Å². The summed E-state index contributed by atoms with van der Waals surface area (Å²) in [7, 11) is 1.58. The van der Waals surface area contributed by atoms with E-state index in [1.807, 2.05) is 24.3 Å². The number of amides is 1. The number of ether oxygens (including phenoxy) is 1. The maximum Gasteiger partial charge on any atom is 0.274 e. The molecule has 3 rings (SSSR count). The molecule has 0 spiro atoms. The van der Waals surface area contributed by atoms with Crippen molar-refractivity contribution in [3.63, 3.8) is 0 Å². The van der Waals surface area contributed by atoms with Gasteiger partial charge in [-0.25, -0.2) is 0 Å². The average molecular weight is 417 g/mol. The first-order valence-corrected chi connectivity index (χ1v) is 9.71. The number of carbonyl (C=O) groups excluding carboxylic acids is 1. The molecule has 9 nitrogen and oxygen atoms in total. The molecule has 1 amide bonds. The van der Waals surface area contributed by atoms with Crippen molar-refractivity contribution in [2.45, 2.75) is 10.1 Å². The van der Waals surface area contributed by atoms with Crippen molar-refractivity contribution >= 4 is 45.5 Å². The van der Waals surface area contributed by atoms with E-state index in [4.69, 9.17) is 10.5 Å². The summed E-state index contributed by atoms with van der Waals surface area (Å²) in [5.41, 5.74) is 6.36. The van der Waals surface area contributed by atoms with Crippen LogP contribution in [0, 0.1) is 10.1 Å². The lowest BCUT2D eigenvalue weighted by molar-refractivity contribution is -0.385. The van der Waals surface area contributed by atoms with Gasteiger partial charge in [0.05, 0.1) is 17.7 Å². The molecule has 0 unspecified atom stereocenters. The summed E-state index contributed by atoms with van der Waals surface area (Å²) in [6.07, 6.45) is 0. The van der Waals surface area contributed by atoms with Crippen molar-refractivity contribution in [3.8, 4) is 5.75 Å². The molecule has 1 heterocycles. The van der Waals surface area contributed by atoms with E-state index in [0.29, 0.717) is 26.5 Å². The van der Waals surface area contributed by atoms with Crippen LogP contribution in [0.5, 0.6) is 5.75 Å². The van der Waals surface area contributed by atoms with Crippen LogP contribution in [-0.4, -0.2) is 28.1 Å². The van der Waals surface area contributed by atoms with Crippen molar-refractivity contribution in [1.29, 1.82) is 0 Å². The van der Waals surface area contributed by atoms with Gasteiger partial charge in [0.15, 0.2) is 4.34 Å². The van der Waals surface area contributed by atoms with Gasteiger partial charge in [0.25, 0.3) is 5.69 Å². The highest BCUT2D eigenvalue weighted by molar-refractivity contribution is 8.00. The van der Waals surface area contributed by atoms with Crippen LogP contribution in [0.3, 0.4) is 0 Å². The van der Waals surface area contributed by atoms with Gasteiger partial charge in [-0.3, -0.25) is 14.9 Å². The molecule has 0 bridgehead atoms. The Hall–Kier alpha value is -3.18. The summed E-state index contributed by atoms with van der Waals surface area (Å²) in [5, 5.41) is 23.2. The van der Waals surface area contributed by atoms with Crippen LogP contribution in [0.25, 0.3) is 0 Å². The van der Waals surface area contributed by atoms with E-state index >= 15 is 0 Å². The van der Waals surface area contributed by atoms with Crippen LogP contribution in [0.4, 0.5) is 16.5 Å². The van der Waals surface area contributed by atoms with Gasteiger partial charge in [-0.15, -0.1) is 10.2 Å². The number of nitrogens with zero attached hydrogens (tertiary/aromatic N) is 3. The fourth-order valence-corrected chi connectivity index (χ4v) is 4.09. The fourth-order valence-electron chi connectivity index (χ4n) is 2.33. The van der Waals surface area contributed by atoms with E-state index in [1.54, 1.807) is 7.11 Å². The molecule has 0 atom stereocenters. The molecule has 28 heavy (non-hydrogen) atoms. The molecular formula is C17H15N5O4S2. The number of nitrogens with one attached hydrogen (secondary N) is 1. The Labute approximate surface area is 168 Å². The third kappa shape index (κ3) is 4.56. The number of nitrogens with two attached hydrogens (primary N) is 1. The van der Waals surface area contributed by atoms with E-state index < -0.39 is 10.8 Å². The van der Waals surface area contributed by atoms with Crippen LogP contribution in [0.2, 0.25) is 0 Å². The SMILES string of the molecule is COc1ccccc1Nc1nnc(SCc2ccc(C(N)=O)cc2[N+](=O)[O-])s1. The molecular weight excluding hydrogens is 402 g/mol. The van der Waals surface area contributed by atoms with E-state index in [-0.39, 0.29) is 11.3 Å². The van der Waals surface area contributed by atoms with Crippen molar-refractivity contribution in [3.05, 3.63) is 63.7 Å². The summed E-state index contributed by atoms with van der Waals surface area (Å²) in [6.45, 7) is 0. The highest BCUT2D eigenvalue weighted by Crippen LogP contribution is 2.34. The first-order chi connectivity index (χ1) is 13.5. The Morgan fingerprint density at radius 3 is 2.82 bits per heavy atom. The smallest absolute Gasteiger partial charge is 0.274 e. The summed E-state index contributed by atoms with van der Waals surface area (Å²) in [4.78, 5) is 22.0. The monoisotopic (exact) mass is 417 g/mol. The number of nitro benzene ring substituents is 1. The molecule has 2 aromatic carbocycles. The number of rotatable bonds is 8. The fraction of sp³-hybridized carbons (Fsp3) is 0.118. The first-order valence-electron chi connectivity index (χ1n) is 7.91. The number of carbonyl (C=O) groups is 1. The number of aromatic nitrogens is 2. The van der Waals surface area contributed by atoms with Gasteiger partial charge in [-0.1, -0.05) is 41.3 Å². The number of hydrogen-bond donors (Lipinski definition) is 2. The second-order valence-electron chi connectivity index (χ2n) is 5.45.